The van der Waals surface area contributed by atoms with Crippen LogP contribution < -0.4 is 0 Å². The zero-order valence-corrected chi connectivity index (χ0v) is 10.9. The average Bonchev–Trinajstić information content (AvgIpc) is 2.42. The monoisotopic (exact) mass is 242 g/mol. The van der Waals surface area contributed by atoms with Crippen LogP contribution in [-0.4, -0.2) is 60.0 Å². The van der Waals surface area contributed by atoms with Gasteiger partial charge in [0.2, 0.25) is 5.91 Å². The molecule has 0 atom stereocenters. The van der Waals surface area contributed by atoms with Crippen molar-refractivity contribution >= 4 is 11.9 Å². The van der Waals surface area contributed by atoms with Crippen molar-refractivity contribution in [3.8, 4) is 0 Å². The number of carboxylic acid groups (broad SMARTS) is 1. The lowest BCUT2D eigenvalue weighted by molar-refractivity contribution is -0.151. The summed E-state index contributed by atoms with van der Waals surface area (Å²) in [5.74, 6) is -0.967. The Labute approximate surface area is 102 Å². The lowest BCUT2D eigenvalue weighted by Crippen LogP contribution is -2.38. The standard InChI is InChI=1S/C12H22N2O3/c1-12(2,11(16)17)9-10(15)14-6-4-5-13(3)7-8-14/h4-9H2,1-3H3,(H,16,17). The third kappa shape index (κ3) is 4.00. The molecule has 0 aromatic carbocycles. The first-order chi connectivity index (χ1) is 7.83. The number of amides is 1. The fourth-order valence-corrected chi connectivity index (χ4v) is 1.86. The molecule has 0 aliphatic carbocycles. The van der Waals surface area contributed by atoms with E-state index in [4.69, 9.17) is 5.11 Å². The SMILES string of the molecule is CN1CCCN(C(=O)CC(C)(C)C(=O)O)CC1. The lowest BCUT2D eigenvalue weighted by atomic mass is 9.89. The molecule has 5 heteroatoms. The van der Waals surface area contributed by atoms with Gasteiger partial charge in [-0.1, -0.05) is 0 Å². The van der Waals surface area contributed by atoms with Crippen LogP contribution in [0.25, 0.3) is 0 Å². The molecular formula is C12H22N2O3. The van der Waals surface area contributed by atoms with Crippen molar-refractivity contribution in [3.63, 3.8) is 0 Å². The minimum absolute atomic E-state index is 0.0484. The first kappa shape index (κ1) is 14.0. The minimum atomic E-state index is -0.977. The molecule has 5 nitrogen and oxygen atoms in total. The van der Waals surface area contributed by atoms with E-state index in [0.717, 1.165) is 26.1 Å². The molecule has 0 radical (unpaired) electrons. The van der Waals surface area contributed by atoms with Gasteiger partial charge in [0.05, 0.1) is 5.41 Å². The maximum Gasteiger partial charge on any atom is 0.309 e. The van der Waals surface area contributed by atoms with Gasteiger partial charge in [0, 0.05) is 26.1 Å². The van der Waals surface area contributed by atoms with E-state index in [9.17, 15) is 9.59 Å². The molecule has 1 aliphatic heterocycles. The Balaban J connectivity index is 2.55. The number of aliphatic carboxylic acids is 1. The van der Waals surface area contributed by atoms with Crippen molar-refractivity contribution in [2.24, 2.45) is 5.41 Å². The van der Waals surface area contributed by atoms with E-state index < -0.39 is 11.4 Å². The molecule has 0 aromatic rings. The summed E-state index contributed by atoms with van der Waals surface area (Å²) >= 11 is 0. The number of rotatable bonds is 3. The highest BCUT2D eigenvalue weighted by molar-refractivity contribution is 5.84. The van der Waals surface area contributed by atoms with Crippen LogP contribution in [0, 0.1) is 5.41 Å². The van der Waals surface area contributed by atoms with Crippen LogP contribution in [-0.2, 0) is 9.59 Å². The third-order valence-electron chi connectivity index (χ3n) is 3.24. The molecule has 0 unspecified atom stereocenters. The Morgan fingerprint density at radius 2 is 1.82 bits per heavy atom. The average molecular weight is 242 g/mol. The van der Waals surface area contributed by atoms with Gasteiger partial charge in [-0.3, -0.25) is 9.59 Å². The summed E-state index contributed by atoms with van der Waals surface area (Å²) in [6.45, 7) is 6.48. The van der Waals surface area contributed by atoms with Crippen LogP contribution in [0.15, 0.2) is 0 Å². The maximum absolute atomic E-state index is 12.0. The van der Waals surface area contributed by atoms with Gasteiger partial charge in [0.15, 0.2) is 0 Å². The molecule has 1 saturated heterocycles. The zero-order chi connectivity index (χ0) is 13.1. The largest absolute Gasteiger partial charge is 0.481 e. The fourth-order valence-electron chi connectivity index (χ4n) is 1.86. The van der Waals surface area contributed by atoms with Crippen LogP contribution in [0.2, 0.25) is 0 Å². The van der Waals surface area contributed by atoms with E-state index in [1.54, 1.807) is 18.7 Å². The number of carboxylic acids is 1. The van der Waals surface area contributed by atoms with E-state index >= 15 is 0 Å². The molecule has 1 amide bonds. The molecular weight excluding hydrogens is 220 g/mol. The molecule has 1 aliphatic rings. The van der Waals surface area contributed by atoms with Gasteiger partial charge in [-0.15, -0.1) is 0 Å². The van der Waals surface area contributed by atoms with Crippen molar-refractivity contribution in [1.82, 2.24) is 9.80 Å². The Morgan fingerprint density at radius 3 is 2.41 bits per heavy atom. The molecule has 0 saturated carbocycles. The van der Waals surface area contributed by atoms with Crippen molar-refractivity contribution in [2.75, 3.05) is 33.2 Å². The number of hydrogen-bond acceptors (Lipinski definition) is 3. The second-order valence-corrected chi connectivity index (χ2v) is 5.40. The van der Waals surface area contributed by atoms with Crippen LogP contribution in [0.3, 0.4) is 0 Å². The summed E-state index contributed by atoms with van der Waals surface area (Å²) in [6.07, 6.45) is 1.03. The zero-order valence-electron chi connectivity index (χ0n) is 10.9. The smallest absolute Gasteiger partial charge is 0.309 e. The molecule has 0 aromatic heterocycles. The van der Waals surface area contributed by atoms with Crippen LogP contribution in [0.5, 0.6) is 0 Å². The predicted molar refractivity (Wildman–Crippen MR) is 64.7 cm³/mol. The van der Waals surface area contributed by atoms with Gasteiger partial charge in [-0.2, -0.15) is 0 Å². The van der Waals surface area contributed by atoms with Crippen molar-refractivity contribution < 1.29 is 14.7 Å². The fraction of sp³-hybridized carbons (Fsp3) is 0.833. The van der Waals surface area contributed by atoms with Gasteiger partial charge < -0.3 is 14.9 Å². The van der Waals surface area contributed by atoms with Gasteiger partial charge in [0.1, 0.15) is 0 Å². The quantitative estimate of drug-likeness (QED) is 0.789. The first-order valence-electron chi connectivity index (χ1n) is 6.02. The Bertz CT molecular complexity index is 302. The summed E-state index contributed by atoms with van der Waals surface area (Å²) in [5.41, 5.74) is -0.977. The molecule has 1 rings (SSSR count). The highest BCUT2D eigenvalue weighted by atomic mass is 16.4. The van der Waals surface area contributed by atoms with E-state index in [1.807, 2.05) is 7.05 Å². The van der Waals surface area contributed by atoms with Crippen LogP contribution in [0.1, 0.15) is 26.7 Å². The summed E-state index contributed by atoms with van der Waals surface area (Å²) in [7, 11) is 2.04. The van der Waals surface area contributed by atoms with E-state index in [2.05, 4.69) is 4.90 Å². The van der Waals surface area contributed by atoms with Crippen molar-refractivity contribution in [2.45, 2.75) is 26.7 Å². The molecule has 0 spiro atoms. The summed E-state index contributed by atoms with van der Waals surface area (Å²) in [4.78, 5) is 27.0. The molecule has 1 N–H and O–H groups in total. The summed E-state index contributed by atoms with van der Waals surface area (Å²) in [6, 6.07) is 0. The molecule has 0 bridgehead atoms. The Hall–Kier alpha value is -1.10. The normalized spacial score (nSPS) is 18.9. The number of carbonyl (C=O) groups is 2. The summed E-state index contributed by atoms with van der Waals surface area (Å²) < 4.78 is 0. The molecule has 1 fully saturated rings. The van der Waals surface area contributed by atoms with Gasteiger partial charge in [-0.05, 0) is 33.9 Å². The van der Waals surface area contributed by atoms with Gasteiger partial charge in [0.25, 0.3) is 0 Å². The third-order valence-corrected chi connectivity index (χ3v) is 3.24. The molecule has 17 heavy (non-hydrogen) atoms. The van der Waals surface area contributed by atoms with Crippen LogP contribution in [0.4, 0.5) is 0 Å². The van der Waals surface area contributed by atoms with Crippen LogP contribution >= 0.6 is 0 Å². The van der Waals surface area contributed by atoms with Gasteiger partial charge >= 0.3 is 5.97 Å². The van der Waals surface area contributed by atoms with E-state index in [-0.39, 0.29) is 12.3 Å². The maximum atomic E-state index is 12.0. The highest BCUT2D eigenvalue weighted by Crippen LogP contribution is 2.22. The first-order valence-corrected chi connectivity index (χ1v) is 6.02. The Kier molecular flexibility index (Phi) is 4.51. The number of hydrogen-bond donors (Lipinski definition) is 1. The molecule has 1 heterocycles. The Morgan fingerprint density at radius 1 is 1.18 bits per heavy atom. The lowest BCUT2D eigenvalue weighted by Gasteiger charge is -2.25. The molecule has 98 valence electrons. The minimum Gasteiger partial charge on any atom is -0.481 e. The number of nitrogens with zero attached hydrogens (tertiary/aromatic N) is 2. The highest BCUT2D eigenvalue weighted by Gasteiger charge is 2.32. The number of carbonyl (C=O) groups excluding carboxylic acids is 1. The van der Waals surface area contributed by atoms with E-state index in [0.29, 0.717) is 6.54 Å². The van der Waals surface area contributed by atoms with Crippen molar-refractivity contribution in [3.05, 3.63) is 0 Å². The topological polar surface area (TPSA) is 60.9 Å². The predicted octanol–water partition coefficient (Wildman–Crippen LogP) is 0.651. The second kappa shape index (κ2) is 5.49. The summed E-state index contributed by atoms with van der Waals surface area (Å²) in [5, 5.41) is 9.01. The second-order valence-electron chi connectivity index (χ2n) is 5.40. The van der Waals surface area contributed by atoms with Gasteiger partial charge in [-0.25, -0.2) is 0 Å². The van der Waals surface area contributed by atoms with E-state index in [1.165, 1.54) is 0 Å². The van der Waals surface area contributed by atoms with Crippen molar-refractivity contribution in [1.29, 1.82) is 0 Å². The number of likely N-dealkylation sites (N-methyl/N-ethyl adjacent to an activating group) is 1.